The van der Waals surface area contributed by atoms with Gasteiger partial charge in [-0.05, 0) is 6.42 Å². The molecule has 0 radical (unpaired) electrons. The summed E-state index contributed by atoms with van der Waals surface area (Å²) in [6.07, 6.45) is 4.27. The second-order valence-corrected chi connectivity index (χ2v) is 5.59. The van der Waals surface area contributed by atoms with Crippen molar-refractivity contribution in [3.05, 3.63) is 12.7 Å². The summed E-state index contributed by atoms with van der Waals surface area (Å²) in [5.41, 5.74) is 0. The third kappa shape index (κ3) is 22.4. The van der Waals surface area contributed by atoms with Gasteiger partial charge in [0, 0.05) is 16.4 Å². The van der Waals surface area contributed by atoms with Crippen molar-refractivity contribution in [1.29, 1.82) is 0 Å². The minimum absolute atomic E-state index is 0.0294. The summed E-state index contributed by atoms with van der Waals surface area (Å²) in [6, 6.07) is 0. The first-order valence-corrected chi connectivity index (χ1v) is 11.6. The normalized spacial score (nSPS) is 10.1. The fourth-order valence-corrected chi connectivity index (χ4v) is 1.89. The summed E-state index contributed by atoms with van der Waals surface area (Å²) >= 11 is 0. The van der Waals surface area contributed by atoms with Crippen LogP contribution in [0, 0.1) is 0 Å². The van der Waals surface area contributed by atoms with Gasteiger partial charge >= 0.3 is 0 Å². The minimum atomic E-state index is -0.0294. The molecule has 0 fully saturated rings. The van der Waals surface area contributed by atoms with Crippen LogP contribution in [0.3, 0.4) is 0 Å². The average Bonchev–Trinajstić information content (AvgIpc) is 2.12. The molecule has 0 aromatic carbocycles. The molecule has 0 spiro atoms. The first kappa shape index (κ1) is 14.8. The molecule has 0 atom stereocenters. The van der Waals surface area contributed by atoms with E-state index < -0.39 is 0 Å². The van der Waals surface area contributed by atoms with Crippen molar-refractivity contribution in [2.45, 2.75) is 19.8 Å². The molecule has 0 saturated heterocycles. The van der Waals surface area contributed by atoms with Crippen LogP contribution >= 0.6 is 0 Å². The van der Waals surface area contributed by atoms with Gasteiger partial charge in [-0.15, -0.1) is 6.58 Å². The number of hydrogen-bond acceptors (Lipinski definition) is 2. The molecule has 0 aliphatic heterocycles. The highest BCUT2D eigenvalue weighted by Gasteiger charge is 1.74. The zero-order valence-electron chi connectivity index (χ0n) is 8.64. The second-order valence-electron chi connectivity index (χ2n) is 2.29. The number of hydrogen-bond donors (Lipinski definition) is 0. The van der Waals surface area contributed by atoms with Crippen molar-refractivity contribution in [3.8, 4) is 0 Å². The molecular weight excluding hydrogens is 200 g/mol. The zero-order valence-corrected chi connectivity index (χ0v) is 14.1. The van der Waals surface area contributed by atoms with Gasteiger partial charge in [0.05, 0.1) is 6.61 Å². The van der Waals surface area contributed by atoms with Crippen molar-refractivity contribution in [2.24, 2.45) is 0 Å². The van der Waals surface area contributed by atoms with Crippen LogP contribution in [0.15, 0.2) is 12.7 Å². The molecule has 0 heterocycles. The summed E-state index contributed by atoms with van der Waals surface area (Å²) < 4.78 is 9.99. The van der Waals surface area contributed by atoms with Crippen LogP contribution in [0.5, 0.6) is 0 Å². The molecule has 0 aliphatic rings. The Hall–Kier alpha value is 0.311. The minimum Gasteiger partial charge on any atom is -0.428 e. The van der Waals surface area contributed by atoms with Crippen molar-refractivity contribution in [1.82, 2.24) is 0 Å². The van der Waals surface area contributed by atoms with Crippen molar-refractivity contribution in [3.63, 3.8) is 0 Å². The summed E-state index contributed by atoms with van der Waals surface area (Å²) in [6.45, 7) is 7.43. The lowest BCUT2D eigenvalue weighted by molar-refractivity contribution is 0.339. The Balaban J connectivity index is 0. The van der Waals surface area contributed by atoms with Gasteiger partial charge < -0.3 is 8.85 Å². The monoisotopic (exact) mass is 222 g/mol. The molecule has 5 heteroatoms. The van der Waals surface area contributed by atoms with Crippen molar-refractivity contribution in [2.75, 3.05) is 13.2 Å². The van der Waals surface area contributed by atoms with Crippen LogP contribution in [-0.2, 0) is 8.85 Å². The summed E-state index contributed by atoms with van der Waals surface area (Å²) in [5, 5.41) is 0. The maximum atomic E-state index is 5.07. The smallest absolute Gasteiger partial charge is 0.145 e. The number of rotatable bonds is 6. The van der Waals surface area contributed by atoms with Crippen LogP contribution < -0.4 is 0 Å². The van der Waals surface area contributed by atoms with Gasteiger partial charge in [0.2, 0.25) is 0 Å². The zero-order chi connectivity index (χ0) is 9.66. The average molecular weight is 223 g/mol. The molecule has 0 unspecified atom stereocenters. The van der Waals surface area contributed by atoms with Gasteiger partial charge in [-0.1, -0.05) is 19.4 Å². The Morgan fingerprint density at radius 3 is 2.42 bits per heavy atom. The van der Waals surface area contributed by atoms with Crippen LogP contribution in [0.1, 0.15) is 19.8 Å². The Labute approximate surface area is 84.4 Å². The predicted octanol–water partition coefficient (Wildman–Crippen LogP) is -1.36. The molecule has 0 rings (SSSR count). The Kier molecular flexibility index (Phi) is 21.5. The molecular formula is C7H22O2Si3. The molecule has 0 aromatic heterocycles. The van der Waals surface area contributed by atoms with Crippen LogP contribution in [-0.4, -0.2) is 42.7 Å². The second kappa shape index (κ2) is 17.4. The van der Waals surface area contributed by atoms with E-state index in [4.69, 9.17) is 8.85 Å². The van der Waals surface area contributed by atoms with E-state index in [1.54, 1.807) is 6.08 Å². The largest absolute Gasteiger partial charge is 0.428 e. The quantitative estimate of drug-likeness (QED) is 0.314. The fourth-order valence-electron chi connectivity index (χ4n) is 0.490. The highest BCUT2D eigenvalue weighted by molar-refractivity contribution is 6.85. The standard InChI is InChI=1S/C4H12OSi.C3H10OSi2/c1-2-3-4-5-6;1-2-3-4-6-5/h2-4H2,1,6H3;2H,1,3,6H2,5H3. The van der Waals surface area contributed by atoms with E-state index in [-0.39, 0.29) is 9.28 Å². The molecule has 2 nitrogen and oxygen atoms in total. The Bertz CT molecular complexity index is 77.1. The maximum absolute atomic E-state index is 5.07. The van der Waals surface area contributed by atoms with E-state index in [1.165, 1.54) is 22.6 Å². The van der Waals surface area contributed by atoms with E-state index in [0.717, 1.165) is 23.7 Å². The summed E-state index contributed by atoms with van der Waals surface area (Å²) in [4.78, 5) is 0. The molecule has 0 amide bonds. The van der Waals surface area contributed by atoms with E-state index >= 15 is 0 Å². The highest BCUT2D eigenvalue weighted by Crippen LogP contribution is 1.82. The lowest BCUT2D eigenvalue weighted by Crippen LogP contribution is -1.95. The Morgan fingerprint density at radius 2 is 2.25 bits per heavy atom. The molecule has 0 aromatic rings. The van der Waals surface area contributed by atoms with Gasteiger partial charge in [-0.25, -0.2) is 0 Å². The van der Waals surface area contributed by atoms with E-state index in [0.29, 0.717) is 0 Å². The van der Waals surface area contributed by atoms with Gasteiger partial charge in [0.15, 0.2) is 0 Å². The van der Waals surface area contributed by atoms with E-state index in [2.05, 4.69) is 13.5 Å². The molecule has 74 valence electrons. The molecule has 12 heavy (non-hydrogen) atoms. The Morgan fingerprint density at radius 1 is 1.58 bits per heavy atom. The lowest BCUT2D eigenvalue weighted by Gasteiger charge is -1.90. The topological polar surface area (TPSA) is 18.5 Å². The first-order valence-electron chi connectivity index (χ1n) is 4.50. The van der Waals surface area contributed by atoms with Crippen LogP contribution in [0.25, 0.3) is 0 Å². The first-order chi connectivity index (χ1) is 5.83. The van der Waals surface area contributed by atoms with Crippen LogP contribution in [0.4, 0.5) is 0 Å². The third-order valence-corrected chi connectivity index (χ3v) is 3.42. The lowest BCUT2D eigenvalue weighted by atomic mass is 10.4. The highest BCUT2D eigenvalue weighted by atomic mass is 29.1. The van der Waals surface area contributed by atoms with E-state index in [1.807, 2.05) is 0 Å². The van der Waals surface area contributed by atoms with Gasteiger partial charge in [-0.2, -0.15) is 0 Å². The van der Waals surface area contributed by atoms with Gasteiger partial charge in [-0.3, -0.25) is 0 Å². The molecule has 0 saturated carbocycles. The number of unbranched alkanes of at least 4 members (excludes halogenated alkanes) is 1. The molecule has 0 bridgehead atoms. The SMILES string of the molecule is C=CCO[SiH2][SiH3].CCCCO[SiH3]. The third-order valence-electron chi connectivity index (χ3n) is 1.14. The van der Waals surface area contributed by atoms with Gasteiger partial charge in [0.1, 0.15) is 19.8 Å². The van der Waals surface area contributed by atoms with Crippen LogP contribution in [0.2, 0.25) is 0 Å². The van der Waals surface area contributed by atoms with Crippen molar-refractivity contribution >= 4 is 29.5 Å². The molecule has 0 aliphatic carbocycles. The maximum Gasteiger partial charge on any atom is 0.145 e. The summed E-state index contributed by atoms with van der Waals surface area (Å²) in [5.74, 6) is 0. The van der Waals surface area contributed by atoms with Gasteiger partial charge in [0.25, 0.3) is 0 Å². The molecule has 0 N–H and O–H groups in total. The predicted molar refractivity (Wildman–Crippen MR) is 65.4 cm³/mol. The fraction of sp³-hybridized carbons (Fsp3) is 0.714. The summed E-state index contributed by atoms with van der Waals surface area (Å²) in [7, 11) is 2.15. The van der Waals surface area contributed by atoms with E-state index in [9.17, 15) is 0 Å². The van der Waals surface area contributed by atoms with Crippen molar-refractivity contribution < 1.29 is 8.85 Å².